The van der Waals surface area contributed by atoms with Crippen molar-refractivity contribution in [2.75, 3.05) is 6.54 Å². The molecule has 6 amide bonds. The first-order valence-electron chi connectivity index (χ1n) is 14.7. The fourth-order valence-electron chi connectivity index (χ4n) is 4.73. The Morgan fingerprint density at radius 3 is 2.23 bits per heavy atom. The number of hydrogen-bond donors (Lipinski definition) is 1. The van der Waals surface area contributed by atoms with Gasteiger partial charge in [-0.3, -0.25) is 24.1 Å². The molecule has 1 saturated heterocycles. The number of piperidine rings is 1. The third kappa shape index (κ3) is 8.89. The van der Waals surface area contributed by atoms with Gasteiger partial charge in [-0.2, -0.15) is 4.90 Å². The van der Waals surface area contributed by atoms with Crippen LogP contribution in [-0.4, -0.2) is 69.4 Å². The molecule has 232 valence electrons. The number of nitrogens with one attached hydrogen (secondary N) is 1. The molecule has 1 atom stereocenters. The fraction of sp³-hybridized carbons (Fsp3) is 0.562. The number of fused-ring (bicyclic) bond motifs is 1. The predicted octanol–water partition coefficient (Wildman–Crippen LogP) is 4.95. The molecule has 0 saturated carbocycles. The van der Waals surface area contributed by atoms with Crippen LogP contribution in [0.2, 0.25) is 0 Å². The molecule has 11 nitrogen and oxygen atoms in total. The first-order valence-corrected chi connectivity index (χ1v) is 14.7. The predicted molar refractivity (Wildman–Crippen MR) is 157 cm³/mol. The zero-order valence-electron chi connectivity index (χ0n) is 25.8. The Kier molecular flexibility index (Phi) is 10.7. The molecule has 1 aromatic carbocycles. The first kappa shape index (κ1) is 33.3. The number of imide groups is 4. The maximum Gasteiger partial charge on any atom is 0.424 e. The van der Waals surface area contributed by atoms with E-state index < -0.39 is 53.1 Å². The lowest BCUT2D eigenvalue weighted by Gasteiger charge is -2.34. The molecule has 0 aromatic heterocycles. The molecular weight excluding hydrogens is 554 g/mol. The summed E-state index contributed by atoms with van der Waals surface area (Å²) in [5.74, 6) is 3.02. The van der Waals surface area contributed by atoms with Gasteiger partial charge in [0.25, 0.3) is 17.7 Å². The molecule has 11 heteroatoms. The first-order chi connectivity index (χ1) is 20.1. The minimum Gasteiger partial charge on any atom is -0.444 e. The maximum absolute atomic E-state index is 13.5. The van der Waals surface area contributed by atoms with Crippen LogP contribution in [0.5, 0.6) is 0 Å². The van der Waals surface area contributed by atoms with Crippen LogP contribution in [0, 0.1) is 11.8 Å². The average molecular weight is 596 g/mol. The van der Waals surface area contributed by atoms with E-state index in [2.05, 4.69) is 17.2 Å². The van der Waals surface area contributed by atoms with Crippen LogP contribution in [0.3, 0.4) is 0 Å². The lowest BCUT2D eigenvalue weighted by molar-refractivity contribution is -0.149. The zero-order valence-corrected chi connectivity index (χ0v) is 25.8. The number of hydrogen-bond acceptors (Lipinski definition) is 8. The number of likely N-dealkylation sites (tertiary alicyclic amines) is 1. The van der Waals surface area contributed by atoms with Crippen molar-refractivity contribution in [3.8, 4) is 11.8 Å². The van der Waals surface area contributed by atoms with Gasteiger partial charge >= 0.3 is 12.2 Å². The SMILES string of the molecule is CC(C)(C)OC(=O)NCCCCCCCC#Cc1cccc2c1C(=O)N(C1CCC(=O)N(C(=O)OC(C)(C)C)C1=O)C2=O. The van der Waals surface area contributed by atoms with Crippen molar-refractivity contribution in [2.24, 2.45) is 0 Å². The molecule has 2 aliphatic heterocycles. The van der Waals surface area contributed by atoms with E-state index in [9.17, 15) is 28.8 Å². The molecule has 1 fully saturated rings. The summed E-state index contributed by atoms with van der Waals surface area (Å²) in [4.78, 5) is 77.9. The van der Waals surface area contributed by atoms with Crippen molar-refractivity contribution in [1.29, 1.82) is 0 Å². The summed E-state index contributed by atoms with van der Waals surface area (Å²) in [7, 11) is 0. The Morgan fingerprint density at radius 2 is 1.56 bits per heavy atom. The van der Waals surface area contributed by atoms with Crippen molar-refractivity contribution < 1.29 is 38.2 Å². The second-order valence-electron chi connectivity index (χ2n) is 12.6. The average Bonchev–Trinajstić information content (AvgIpc) is 3.13. The van der Waals surface area contributed by atoms with E-state index in [4.69, 9.17) is 9.47 Å². The number of carbonyl (C=O) groups is 6. The van der Waals surface area contributed by atoms with Gasteiger partial charge in [-0.25, -0.2) is 9.59 Å². The van der Waals surface area contributed by atoms with Gasteiger partial charge < -0.3 is 14.8 Å². The van der Waals surface area contributed by atoms with Gasteiger partial charge in [-0.15, -0.1) is 0 Å². The molecule has 43 heavy (non-hydrogen) atoms. The second-order valence-corrected chi connectivity index (χ2v) is 12.6. The van der Waals surface area contributed by atoms with E-state index in [1.807, 2.05) is 20.8 Å². The molecule has 0 spiro atoms. The highest BCUT2D eigenvalue weighted by Crippen LogP contribution is 2.31. The van der Waals surface area contributed by atoms with E-state index in [0.717, 1.165) is 37.0 Å². The summed E-state index contributed by atoms with van der Waals surface area (Å²) < 4.78 is 10.4. The maximum atomic E-state index is 13.5. The topological polar surface area (TPSA) is 139 Å². The zero-order chi connectivity index (χ0) is 31.9. The van der Waals surface area contributed by atoms with Crippen LogP contribution in [0.15, 0.2) is 18.2 Å². The summed E-state index contributed by atoms with van der Waals surface area (Å²) in [5.41, 5.74) is -0.839. The van der Waals surface area contributed by atoms with E-state index in [0.29, 0.717) is 23.4 Å². The van der Waals surface area contributed by atoms with E-state index in [1.165, 1.54) is 6.07 Å². The molecule has 2 aliphatic rings. The summed E-state index contributed by atoms with van der Waals surface area (Å²) in [5, 5.41) is 2.74. The van der Waals surface area contributed by atoms with Crippen molar-refractivity contribution >= 4 is 35.8 Å². The smallest absolute Gasteiger partial charge is 0.424 e. The summed E-state index contributed by atoms with van der Waals surface area (Å²) in [6.07, 6.45) is 3.37. The Morgan fingerprint density at radius 1 is 0.907 bits per heavy atom. The third-order valence-corrected chi connectivity index (χ3v) is 6.59. The van der Waals surface area contributed by atoms with Gasteiger partial charge in [-0.05, 0) is 72.9 Å². The number of nitrogens with zero attached hydrogens (tertiary/aromatic N) is 2. The van der Waals surface area contributed by atoms with Gasteiger partial charge in [0.1, 0.15) is 17.2 Å². The number of unbranched alkanes of at least 4 members (excludes halogenated alkanes) is 5. The number of benzene rings is 1. The molecule has 1 aromatic rings. The Balaban J connectivity index is 1.55. The minimum absolute atomic E-state index is 0.0828. The minimum atomic E-state index is -1.31. The standard InChI is InChI=1S/C32H41N3O8/c1-31(2,3)42-29(40)33-20-13-11-9-7-8-10-12-15-21-16-14-17-22-25(21)28(39)34(26(22)37)23-18-19-24(36)35(27(23)38)30(41)43-32(4,5)6/h14,16-17,23H,7-11,13,18-20H2,1-6H3,(H,33,40). The number of amides is 6. The number of ether oxygens (including phenoxy) is 2. The highest BCUT2D eigenvalue weighted by atomic mass is 16.6. The monoisotopic (exact) mass is 595 g/mol. The normalized spacial score (nSPS) is 16.9. The Hall–Kier alpha value is -4.20. The van der Waals surface area contributed by atoms with Crippen LogP contribution in [0.4, 0.5) is 9.59 Å². The summed E-state index contributed by atoms with van der Waals surface area (Å²) in [6.45, 7) is 10.8. The summed E-state index contributed by atoms with van der Waals surface area (Å²) in [6, 6.07) is 3.47. The van der Waals surface area contributed by atoms with Crippen LogP contribution in [-0.2, 0) is 19.1 Å². The lowest BCUT2D eigenvalue weighted by atomic mass is 10.0. The molecule has 0 radical (unpaired) electrons. The Bertz CT molecular complexity index is 1340. The lowest BCUT2D eigenvalue weighted by Crippen LogP contribution is -2.58. The molecule has 3 rings (SSSR count). The largest absolute Gasteiger partial charge is 0.444 e. The molecular formula is C32H41N3O8. The van der Waals surface area contributed by atoms with Gasteiger partial charge in [0.2, 0.25) is 5.91 Å². The highest BCUT2D eigenvalue weighted by Gasteiger charge is 2.50. The number of rotatable bonds is 8. The van der Waals surface area contributed by atoms with Crippen molar-refractivity contribution in [3.05, 3.63) is 34.9 Å². The molecule has 1 unspecified atom stereocenters. The number of carbonyl (C=O) groups excluding carboxylic acids is 6. The highest BCUT2D eigenvalue weighted by molar-refractivity contribution is 6.25. The number of alkyl carbamates (subject to hydrolysis) is 1. The summed E-state index contributed by atoms with van der Waals surface area (Å²) >= 11 is 0. The van der Waals surface area contributed by atoms with E-state index in [1.54, 1.807) is 32.9 Å². The van der Waals surface area contributed by atoms with Crippen molar-refractivity contribution in [2.45, 2.75) is 110 Å². The van der Waals surface area contributed by atoms with Crippen LogP contribution >= 0.6 is 0 Å². The van der Waals surface area contributed by atoms with Gasteiger partial charge in [0, 0.05) is 24.9 Å². The molecule has 0 bridgehead atoms. The Labute approximate surface area is 252 Å². The van der Waals surface area contributed by atoms with Gasteiger partial charge in [0.05, 0.1) is 11.1 Å². The van der Waals surface area contributed by atoms with Crippen molar-refractivity contribution in [1.82, 2.24) is 15.1 Å². The third-order valence-electron chi connectivity index (χ3n) is 6.59. The van der Waals surface area contributed by atoms with Crippen molar-refractivity contribution in [3.63, 3.8) is 0 Å². The van der Waals surface area contributed by atoms with E-state index in [-0.39, 0.29) is 24.0 Å². The molecule has 1 N–H and O–H groups in total. The van der Waals surface area contributed by atoms with E-state index >= 15 is 0 Å². The second kappa shape index (κ2) is 13.8. The molecule has 2 heterocycles. The van der Waals surface area contributed by atoms with Crippen LogP contribution < -0.4 is 5.32 Å². The molecule has 0 aliphatic carbocycles. The quantitative estimate of drug-likeness (QED) is 0.253. The van der Waals surface area contributed by atoms with Crippen LogP contribution in [0.1, 0.15) is 119 Å². The van der Waals surface area contributed by atoms with Crippen LogP contribution in [0.25, 0.3) is 0 Å². The fourth-order valence-corrected chi connectivity index (χ4v) is 4.73. The van der Waals surface area contributed by atoms with Gasteiger partial charge in [-0.1, -0.05) is 37.2 Å². The van der Waals surface area contributed by atoms with Gasteiger partial charge in [0.15, 0.2) is 0 Å².